The van der Waals surface area contributed by atoms with E-state index < -0.39 is 0 Å². The first-order valence-electron chi connectivity index (χ1n) is 5.43. The summed E-state index contributed by atoms with van der Waals surface area (Å²) in [6, 6.07) is 0. The smallest absolute Gasteiger partial charge is 0.228 e. The maximum Gasteiger partial charge on any atom is 0.228 e. The van der Waals surface area contributed by atoms with E-state index in [4.69, 9.17) is 11.6 Å². The molecule has 2 aromatic heterocycles. The zero-order valence-corrected chi connectivity index (χ0v) is 12.4. The van der Waals surface area contributed by atoms with E-state index >= 15 is 0 Å². The summed E-state index contributed by atoms with van der Waals surface area (Å²) in [7, 11) is 0. The van der Waals surface area contributed by atoms with Crippen molar-refractivity contribution >= 4 is 40.6 Å². The Bertz CT molecular complexity index is 531. The Kier molecular flexibility index (Phi) is 4.73. The van der Waals surface area contributed by atoms with Crippen LogP contribution in [0.3, 0.4) is 0 Å². The molecule has 18 heavy (non-hydrogen) atoms. The van der Waals surface area contributed by atoms with Crippen molar-refractivity contribution in [3.63, 3.8) is 0 Å². The van der Waals surface area contributed by atoms with Crippen LogP contribution in [0.15, 0.2) is 14.9 Å². The standard InChI is InChI=1S/C10H12ClN5S2/c1-3-4-12-8-14-7(11)15-9(16-8)18-10-13-6(2)5-17-10/h5H,3-4H2,1-2H3,(H,12,14,15,16). The van der Waals surface area contributed by atoms with Crippen LogP contribution in [0.4, 0.5) is 5.95 Å². The van der Waals surface area contributed by atoms with Gasteiger partial charge in [-0.15, -0.1) is 11.3 Å². The van der Waals surface area contributed by atoms with Gasteiger partial charge in [-0.3, -0.25) is 0 Å². The highest BCUT2D eigenvalue weighted by Gasteiger charge is 2.08. The number of anilines is 1. The monoisotopic (exact) mass is 301 g/mol. The lowest BCUT2D eigenvalue weighted by molar-refractivity contribution is 0.877. The van der Waals surface area contributed by atoms with E-state index in [-0.39, 0.29) is 5.28 Å². The molecule has 0 amide bonds. The third-order valence-corrected chi connectivity index (χ3v) is 3.99. The highest BCUT2D eigenvalue weighted by atomic mass is 35.5. The molecule has 1 N–H and O–H groups in total. The van der Waals surface area contributed by atoms with Crippen molar-refractivity contribution in [2.24, 2.45) is 0 Å². The van der Waals surface area contributed by atoms with Crippen molar-refractivity contribution < 1.29 is 0 Å². The average Bonchev–Trinajstić information content (AvgIpc) is 2.71. The van der Waals surface area contributed by atoms with Crippen LogP contribution in [0.25, 0.3) is 0 Å². The molecule has 96 valence electrons. The molecule has 5 nitrogen and oxygen atoms in total. The predicted octanol–water partition coefficient (Wildman–Crippen LogP) is 3.26. The van der Waals surface area contributed by atoms with Gasteiger partial charge in [0.1, 0.15) is 0 Å². The highest BCUT2D eigenvalue weighted by Crippen LogP contribution is 2.28. The summed E-state index contributed by atoms with van der Waals surface area (Å²) < 4.78 is 0.899. The molecule has 0 fully saturated rings. The fraction of sp³-hybridized carbons (Fsp3) is 0.400. The molecule has 8 heteroatoms. The molecule has 2 aromatic rings. The predicted molar refractivity (Wildman–Crippen MR) is 74.6 cm³/mol. The van der Waals surface area contributed by atoms with Crippen LogP contribution < -0.4 is 5.32 Å². The summed E-state index contributed by atoms with van der Waals surface area (Å²) >= 11 is 8.82. The fourth-order valence-corrected chi connectivity index (χ4v) is 3.05. The molecule has 2 rings (SSSR count). The zero-order chi connectivity index (χ0) is 13.0. The summed E-state index contributed by atoms with van der Waals surface area (Å²) in [5.74, 6) is 0.507. The van der Waals surface area contributed by atoms with Crippen LogP contribution in [0.5, 0.6) is 0 Å². The van der Waals surface area contributed by atoms with Crippen LogP contribution in [0, 0.1) is 6.92 Å². The number of thiazole rings is 1. The van der Waals surface area contributed by atoms with E-state index in [2.05, 4.69) is 32.2 Å². The molecule has 0 radical (unpaired) electrons. The van der Waals surface area contributed by atoms with Crippen LogP contribution in [0.1, 0.15) is 19.0 Å². The van der Waals surface area contributed by atoms with Crippen molar-refractivity contribution in [1.82, 2.24) is 19.9 Å². The molecule has 0 saturated carbocycles. The Morgan fingerprint density at radius 2 is 2.17 bits per heavy atom. The minimum Gasteiger partial charge on any atom is -0.354 e. The number of halogens is 1. The van der Waals surface area contributed by atoms with Gasteiger partial charge in [0.2, 0.25) is 16.4 Å². The largest absolute Gasteiger partial charge is 0.354 e. The third-order valence-electron chi connectivity index (χ3n) is 1.90. The van der Waals surface area contributed by atoms with Gasteiger partial charge in [0.25, 0.3) is 0 Å². The van der Waals surface area contributed by atoms with E-state index in [0.717, 1.165) is 23.0 Å². The Morgan fingerprint density at radius 3 is 2.83 bits per heavy atom. The maximum absolute atomic E-state index is 5.87. The summed E-state index contributed by atoms with van der Waals surface area (Å²) in [5.41, 5.74) is 0.993. The van der Waals surface area contributed by atoms with Gasteiger partial charge in [-0.1, -0.05) is 6.92 Å². The van der Waals surface area contributed by atoms with Crippen molar-refractivity contribution in [3.05, 3.63) is 16.4 Å². The first kappa shape index (κ1) is 13.5. The molecule has 0 aliphatic rings. The Morgan fingerprint density at radius 1 is 1.33 bits per heavy atom. The van der Waals surface area contributed by atoms with Crippen LogP contribution in [0.2, 0.25) is 5.28 Å². The Balaban J connectivity index is 2.14. The number of nitrogens with one attached hydrogen (secondary N) is 1. The lowest BCUT2D eigenvalue weighted by atomic mass is 10.5. The third kappa shape index (κ3) is 3.79. The van der Waals surface area contributed by atoms with Gasteiger partial charge in [0.05, 0.1) is 0 Å². The summed E-state index contributed by atoms with van der Waals surface area (Å²) in [6.45, 7) is 4.83. The van der Waals surface area contributed by atoms with Crippen LogP contribution >= 0.6 is 34.7 Å². The van der Waals surface area contributed by atoms with Crippen LogP contribution in [-0.2, 0) is 0 Å². The molecule has 0 aliphatic carbocycles. The summed E-state index contributed by atoms with van der Waals surface area (Å²) in [6.07, 6.45) is 0.997. The van der Waals surface area contributed by atoms with Crippen molar-refractivity contribution in [2.75, 3.05) is 11.9 Å². The first-order valence-corrected chi connectivity index (χ1v) is 7.50. The molecule has 2 heterocycles. The second-order valence-corrected chi connectivity index (χ2v) is 5.90. The lowest BCUT2D eigenvalue weighted by Crippen LogP contribution is -2.06. The Labute approximate surface area is 118 Å². The molecule has 0 atom stereocenters. The lowest BCUT2D eigenvalue weighted by Gasteiger charge is -2.04. The Hall–Kier alpha value is -0.920. The van der Waals surface area contributed by atoms with E-state index in [0.29, 0.717) is 11.1 Å². The number of aryl methyl sites for hydroxylation is 1. The van der Waals surface area contributed by atoms with E-state index in [9.17, 15) is 0 Å². The van der Waals surface area contributed by atoms with E-state index in [1.807, 2.05) is 12.3 Å². The topological polar surface area (TPSA) is 63.6 Å². The van der Waals surface area contributed by atoms with E-state index in [1.54, 1.807) is 11.3 Å². The highest BCUT2D eigenvalue weighted by molar-refractivity contribution is 8.00. The van der Waals surface area contributed by atoms with Gasteiger partial charge in [-0.05, 0) is 36.7 Å². The van der Waals surface area contributed by atoms with Gasteiger partial charge >= 0.3 is 0 Å². The minimum absolute atomic E-state index is 0.194. The number of rotatable bonds is 5. The van der Waals surface area contributed by atoms with Gasteiger partial charge < -0.3 is 5.32 Å². The van der Waals surface area contributed by atoms with Gasteiger partial charge in [-0.25, -0.2) is 4.98 Å². The minimum atomic E-state index is 0.194. The average molecular weight is 302 g/mol. The molecule has 0 bridgehead atoms. The summed E-state index contributed by atoms with van der Waals surface area (Å²) in [4.78, 5) is 16.7. The van der Waals surface area contributed by atoms with Crippen molar-refractivity contribution in [1.29, 1.82) is 0 Å². The first-order chi connectivity index (χ1) is 8.67. The molecular weight excluding hydrogens is 290 g/mol. The van der Waals surface area contributed by atoms with Crippen molar-refractivity contribution in [3.8, 4) is 0 Å². The number of nitrogens with zero attached hydrogens (tertiary/aromatic N) is 4. The molecule has 0 aromatic carbocycles. The zero-order valence-electron chi connectivity index (χ0n) is 9.97. The molecule has 0 unspecified atom stereocenters. The van der Waals surface area contributed by atoms with Gasteiger partial charge in [0.15, 0.2) is 4.34 Å². The molecular formula is C10H12ClN5S2. The number of aromatic nitrogens is 4. The second-order valence-electron chi connectivity index (χ2n) is 3.49. The fourth-order valence-electron chi connectivity index (χ4n) is 1.15. The molecule has 0 saturated heterocycles. The number of hydrogen-bond acceptors (Lipinski definition) is 7. The quantitative estimate of drug-likeness (QED) is 0.914. The van der Waals surface area contributed by atoms with Crippen molar-refractivity contribution in [2.45, 2.75) is 29.8 Å². The summed E-state index contributed by atoms with van der Waals surface area (Å²) in [5, 5.41) is 5.83. The maximum atomic E-state index is 5.87. The normalized spacial score (nSPS) is 10.6. The molecule has 0 spiro atoms. The van der Waals surface area contributed by atoms with Gasteiger partial charge in [0, 0.05) is 17.6 Å². The van der Waals surface area contributed by atoms with Gasteiger partial charge in [-0.2, -0.15) is 15.0 Å². The second kappa shape index (κ2) is 6.31. The van der Waals surface area contributed by atoms with E-state index in [1.165, 1.54) is 11.8 Å². The molecule has 0 aliphatic heterocycles. The van der Waals surface area contributed by atoms with Crippen LogP contribution in [-0.4, -0.2) is 26.5 Å². The SMILES string of the molecule is CCCNc1nc(Cl)nc(Sc2nc(C)cs2)n1. The number of hydrogen-bond donors (Lipinski definition) is 1.